The molecule has 0 heterocycles. The predicted octanol–water partition coefficient (Wildman–Crippen LogP) is 1.95. The van der Waals surface area contributed by atoms with Crippen molar-refractivity contribution in [3.63, 3.8) is 0 Å². The van der Waals surface area contributed by atoms with E-state index in [1.54, 1.807) is 19.1 Å². The molecule has 1 rings (SSSR count). The van der Waals surface area contributed by atoms with Gasteiger partial charge < -0.3 is 9.84 Å². The van der Waals surface area contributed by atoms with Crippen LogP contribution in [0.2, 0.25) is 0 Å². The van der Waals surface area contributed by atoms with Crippen LogP contribution in [-0.4, -0.2) is 43.3 Å². The molecule has 0 amide bonds. The molecule has 0 aromatic heterocycles. The van der Waals surface area contributed by atoms with E-state index in [1.165, 1.54) is 0 Å². The van der Waals surface area contributed by atoms with E-state index in [0.29, 0.717) is 13.2 Å². The summed E-state index contributed by atoms with van der Waals surface area (Å²) in [6.45, 7) is 3.17. The summed E-state index contributed by atoms with van der Waals surface area (Å²) in [5, 5.41) is 9.38. The highest BCUT2D eigenvalue weighted by atomic mass is 16.5. The molecule has 0 aliphatic heterocycles. The molecular formula is C14H21NO3. The lowest BCUT2D eigenvalue weighted by Gasteiger charge is -2.24. The van der Waals surface area contributed by atoms with Gasteiger partial charge in [0.25, 0.3) is 0 Å². The standard InChI is InChI=1S/C14H21NO3/c1-4-11-6-5-7-12(10-11)13(14(16)17)15(2)8-9-18-3/h5-7,10,13H,4,8-9H2,1-3H3,(H,16,17). The maximum Gasteiger partial charge on any atom is 0.325 e. The van der Waals surface area contributed by atoms with Gasteiger partial charge in [-0.3, -0.25) is 9.69 Å². The Bertz CT molecular complexity index is 392. The quantitative estimate of drug-likeness (QED) is 0.804. The Labute approximate surface area is 108 Å². The van der Waals surface area contributed by atoms with Gasteiger partial charge in [-0.1, -0.05) is 31.2 Å². The summed E-state index contributed by atoms with van der Waals surface area (Å²) in [6, 6.07) is 7.13. The number of methoxy groups -OCH3 is 1. The molecule has 4 heteroatoms. The van der Waals surface area contributed by atoms with Crippen LogP contribution in [0.5, 0.6) is 0 Å². The van der Waals surface area contributed by atoms with Gasteiger partial charge in [0.15, 0.2) is 0 Å². The van der Waals surface area contributed by atoms with Crippen molar-refractivity contribution in [1.82, 2.24) is 4.90 Å². The number of likely N-dealkylation sites (N-methyl/N-ethyl adjacent to an activating group) is 1. The first-order valence-corrected chi connectivity index (χ1v) is 6.11. The molecule has 1 aromatic carbocycles. The van der Waals surface area contributed by atoms with E-state index in [1.807, 2.05) is 24.3 Å². The predicted molar refractivity (Wildman–Crippen MR) is 70.7 cm³/mol. The number of carboxylic acid groups (broad SMARTS) is 1. The number of rotatable bonds is 7. The molecule has 1 atom stereocenters. The molecule has 0 fully saturated rings. The lowest BCUT2D eigenvalue weighted by molar-refractivity contribution is -0.143. The van der Waals surface area contributed by atoms with Crippen LogP contribution in [0.15, 0.2) is 24.3 Å². The Hall–Kier alpha value is -1.39. The van der Waals surface area contributed by atoms with Crippen molar-refractivity contribution >= 4 is 5.97 Å². The van der Waals surface area contributed by atoms with E-state index < -0.39 is 12.0 Å². The van der Waals surface area contributed by atoms with Gasteiger partial charge in [-0.05, 0) is 24.6 Å². The molecule has 1 aromatic rings. The molecular weight excluding hydrogens is 230 g/mol. The van der Waals surface area contributed by atoms with Crippen LogP contribution < -0.4 is 0 Å². The molecule has 1 N–H and O–H groups in total. The van der Waals surface area contributed by atoms with E-state index in [9.17, 15) is 9.90 Å². The monoisotopic (exact) mass is 251 g/mol. The summed E-state index contributed by atoms with van der Waals surface area (Å²) in [4.78, 5) is 13.2. The van der Waals surface area contributed by atoms with E-state index in [4.69, 9.17) is 4.74 Å². The third kappa shape index (κ3) is 3.82. The minimum Gasteiger partial charge on any atom is -0.480 e. The summed E-state index contributed by atoms with van der Waals surface area (Å²) < 4.78 is 4.99. The van der Waals surface area contributed by atoms with Crippen LogP contribution in [0.1, 0.15) is 24.1 Å². The van der Waals surface area contributed by atoms with Crippen LogP contribution in [0.4, 0.5) is 0 Å². The summed E-state index contributed by atoms with van der Waals surface area (Å²) in [6.07, 6.45) is 0.905. The normalized spacial score (nSPS) is 12.7. The summed E-state index contributed by atoms with van der Waals surface area (Å²) >= 11 is 0. The van der Waals surface area contributed by atoms with Gasteiger partial charge in [0, 0.05) is 13.7 Å². The van der Waals surface area contributed by atoms with Gasteiger partial charge in [-0.15, -0.1) is 0 Å². The number of nitrogens with zero attached hydrogens (tertiary/aromatic N) is 1. The third-order valence-corrected chi connectivity index (χ3v) is 3.00. The minimum atomic E-state index is -0.832. The molecule has 0 bridgehead atoms. The first-order chi connectivity index (χ1) is 8.60. The van der Waals surface area contributed by atoms with Gasteiger partial charge in [0.05, 0.1) is 6.61 Å². The van der Waals surface area contributed by atoms with Crippen LogP contribution in [0, 0.1) is 0 Å². The van der Waals surface area contributed by atoms with Crippen molar-refractivity contribution in [2.24, 2.45) is 0 Å². The Kier molecular flexibility index (Phi) is 5.82. The summed E-state index contributed by atoms with van der Waals surface area (Å²) in [5.74, 6) is -0.832. The number of aryl methyl sites for hydroxylation is 1. The zero-order valence-electron chi connectivity index (χ0n) is 11.2. The zero-order chi connectivity index (χ0) is 13.5. The average molecular weight is 251 g/mol. The van der Waals surface area contributed by atoms with Crippen molar-refractivity contribution in [3.8, 4) is 0 Å². The molecule has 0 radical (unpaired) electrons. The smallest absolute Gasteiger partial charge is 0.325 e. The van der Waals surface area contributed by atoms with Crippen LogP contribution >= 0.6 is 0 Å². The zero-order valence-corrected chi connectivity index (χ0v) is 11.2. The van der Waals surface area contributed by atoms with Gasteiger partial charge in [0.2, 0.25) is 0 Å². The summed E-state index contributed by atoms with van der Waals surface area (Å²) in [5.41, 5.74) is 1.97. The second-order valence-electron chi connectivity index (χ2n) is 4.31. The molecule has 0 saturated carbocycles. The number of aliphatic carboxylic acids is 1. The first-order valence-electron chi connectivity index (χ1n) is 6.11. The third-order valence-electron chi connectivity index (χ3n) is 3.00. The SMILES string of the molecule is CCc1cccc(C(C(=O)O)N(C)CCOC)c1. The average Bonchev–Trinajstić information content (AvgIpc) is 2.36. The number of benzene rings is 1. The Balaban J connectivity index is 2.92. The molecule has 0 spiro atoms. The van der Waals surface area contributed by atoms with E-state index in [-0.39, 0.29) is 0 Å². The number of hydrogen-bond acceptors (Lipinski definition) is 3. The molecule has 0 saturated heterocycles. The maximum absolute atomic E-state index is 11.4. The molecule has 100 valence electrons. The molecule has 0 aliphatic carbocycles. The van der Waals surface area contributed by atoms with Crippen molar-refractivity contribution in [2.45, 2.75) is 19.4 Å². The van der Waals surface area contributed by atoms with Crippen molar-refractivity contribution in [2.75, 3.05) is 27.3 Å². The second-order valence-corrected chi connectivity index (χ2v) is 4.31. The summed E-state index contributed by atoms with van der Waals surface area (Å²) in [7, 11) is 3.41. The number of carboxylic acids is 1. The van der Waals surface area contributed by atoms with E-state index in [0.717, 1.165) is 17.5 Å². The molecule has 18 heavy (non-hydrogen) atoms. The van der Waals surface area contributed by atoms with Gasteiger partial charge in [0.1, 0.15) is 6.04 Å². The Morgan fingerprint density at radius 3 is 2.78 bits per heavy atom. The topological polar surface area (TPSA) is 49.8 Å². The van der Waals surface area contributed by atoms with Crippen molar-refractivity contribution < 1.29 is 14.6 Å². The van der Waals surface area contributed by atoms with Crippen molar-refractivity contribution in [1.29, 1.82) is 0 Å². The van der Waals surface area contributed by atoms with E-state index in [2.05, 4.69) is 6.92 Å². The number of carbonyl (C=O) groups is 1. The fourth-order valence-corrected chi connectivity index (χ4v) is 1.93. The van der Waals surface area contributed by atoms with Crippen LogP contribution in [0.3, 0.4) is 0 Å². The first kappa shape index (κ1) is 14.7. The fraction of sp³-hybridized carbons (Fsp3) is 0.500. The lowest BCUT2D eigenvalue weighted by atomic mass is 10.0. The Morgan fingerprint density at radius 1 is 1.50 bits per heavy atom. The van der Waals surface area contributed by atoms with Gasteiger partial charge in [-0.25, -0.2) is 0 Å². The van der Waals surface area contributed by atoms with Gasteiger partial charge >= 0.3 is 5.97 Å². The van der Waals surface area contributed by atoms with Crippen LogP contribution in [0.25, 0.3) is 0 Å². The molecule has 1 unspecified atom stereocenters. The maximum atomic E-state index is 11.4. The lowest BCUT2D eigenvalue weighted by Crippen LogP contribution is -2.33. The fourth-order valence-electron chi connectivity index (χ4n) is 1.93. The second kappa shape index (κ2) is 7.13. The molecule has 0 aliphatic rings. The highest BCUT2D eigenvalue weighted by Crippen LogP contribution is 2.21. The molecule has 4 nitrogen and oxygen atoms in total. The number of hydrogen-bond donors (Lipinski definition) is 1. The number of ether oxygens (including phenoxy) is 1. The van der Waals surface area contributed by atoms with Crippen molar-refractivity contribution in [3.05, 3.63) is 35.4 Å². The minimum absolute atomic E-state index is 0.522. The largest absolute Gasteiger partial charge is 0.480 e. The van der Waals surface area contributed by atoms with E-state index >= 15 is 0 Å². The Morgan fingerprint density at radius 2 is 2.22 bits per heavy atom. The highest BCUT2D eigenvalue weighted by molar-refractivity contribution is 5.75. The van der Waals surface area contributed by atoms with Crippen LogP contribution in [-0.2, 0) is 16.0 Å². The highest BCUT2D eigenvalue weighted by Gasteiger charge is 2.24. The van der Waals surface area contributed by atoms with Gasteiger partial charge in [-0.2, -0.15) is 0 Å².